The Balaban J connectivity index is 1.88. The first kappa shape index (κ1) is 24.0. The van der Waals surface area contributed by atoms with Gasteiger partial charge in [-0.2, -0.15) is 0 Å². The standard InChI is InChI=1S/C25H37NO4S/c1-16-8-6-9-21-24(16,3)11-10-17(2)25(21,4)15-18-22(28)19(14-20(27)23(18)29)26-12-7-13-31(5)30/h14,17,21,26,28H,1,6-13,15H2,2-5H3/t17-,21+,24+,25+,31?/m0/s1. The summed E-state index contributed by atoms with van der Waals surface area (Å²) in [6.07, 6.45) is 9.30. The molecule has 6 heteroatoms. The third-order valence-corrected chi connectivity index (χ3v) is 9.23. The number of carbonyl (C=O) groups excluding carboxylic acids is 2. The van der Waals surface area contributed by atoms with E-state index in [1.807, 2.05) is 0 Å². The van der Waals surface area contributed by atoms with Crippen LogP contribution in [0.4, 0.5) is 0 Å². The number of aliphatic hydroxyl groups excluding tert-OH is 1. The fourth-order valence-electron chi connectivity index (χ4n) is 6.13. The number of hydrogen-bond donors (Lipinski definition) is 2. The van der Waals surface area contributed by atoms with Crippen molar-refractivity contribution in [3.05, 3.63) is 35.3 Å². The molecule has 0 saturated heterocycles. The lowest BCUT2D eigenvalue weighted by molar-refractivity contribution is -0.132. The molecule has 5 atom stereocenters. The lowest BCUT2D eigenvalue weighted by Crippen LogP contribution is -2.51. The highest BCUT2D eigenvalue weighted by Gasteiger charge is 2.54. The fraction of sp³-hybridized carbons (Fsp3) is 0.680. The lowest BCUT2D eigenvalue weighted by atomic mass is 9.46. The first-order valence-electron chi connectivity index (χ1n) is 11.5. The Morgan fingerprint density at radius 2 is 2.00 bits per heavy atom. The molecule has 0 spiro atoms. The molecular formula is C25H37NO4S. The van der Waals surface area contributed by atoms with Gasteiger partial charge in [-0.05, 0) is 67.6 Å². The number of Topliss-reactive ketones (excluding diaryl/α,β-unsaturated/α-hetero) is 1. The molecule has 0 radical (unpaired) electrons. The number of rotatable bonds is 7. The smallest absolute Gasteiger partial charge is 0.232 e. The van der Waals surface area contributed by atoms with Crippen molar-refractivity contribution in [3.8, 4) is 0 Å². The minimum Gasteiger partial charge on any atom is -0.505 e. The Labute approximate surface area is 188 Å². The van der Waals surface area contributed by atoms with Gasteiger partial charge in [0, 0.05) is 41.0 Å². The third kappa shape index (κ3) is 4.46. The molecule has 0 aromatic carbocycles. The molecule has 0 aromatic rings. The summed E-state index contributed by atoms with van der Waals surface area (Å²) in [7, 11) is -0.888. The Bertz CT molecular complexity index is 873. The molecule has 2 fully saturated rings. The molecule has 2 N–H and O–H groups in total. The number of carbonyl (C=O) groups is 2. The second-order valence-corrected chi connectivity index (χ2v) is 11.8. The zero-order chi connectivity index (χ0) is 23.0. The van der Waals surface area contributed by atoms with Crippen LogP contribution >= 0.6 is 0 Å². The van der Waals surface area contributed by atoms with Gasteiger partial charge >= 0.3 is 0 Å². The highest BCUT2D eigenvalue weighted by Crippen LogP contribution is 2.63. The summed E-state index contributed by atoms with van der Waals surface area (Å²) >= 11 is 0. The number of fused-ring (bicyclic) bond motifs is 1. The minimum absolute atomic E-state index is 0.0458. The molecule has 3 aliphatic carbocycles. The highest BCUT2D eigenvalue weighted by atomic mass is 32.2. The zero-order valence-electron chi connectivity index (χ0n) is 19.4. The fourth-order valence-corrected chi connectivity index (χ4v) is 6.68. The minimum atomic E-state index is -0.888. The van der Waals surface area contributed by atoms with Gasteiger partial charge in [-0.1, -0.05) is 32.9 Å². The summed E-state index contributed by atoms with van der Waals surface area (Å²) in [6, 6.07) is 0. The van der Waals surface area contributed by atoms with E-state index < -0.39 is 22.4 Å². The van der Waals surface area contributed by atoms with Crippen molar-refractivity contribution in [2.75, 3.05) is 18.6 Å². The maximum absolute atomic E-state index is 12.8. The van der Waals surface area contributed by atoms with E-state index in [-0.39, 0.29) is 22.2 Å². The van der Waals surface area contributed by atoms with E-state index in [0.717, 1.165) is 32.1 Å². The van der Waals surface area contributed by atoms with Crippen LogP contribution in [0.25, 0.3) is 0 Å². The van der Waals surface area contributed by atoms with Gasteiger partial charge in [0.15, 0.2) is 0 Å². The second-order valence-electron chi connectivity index (χ2n) is 10.2. The Kier molecular flexibility index (Phi) is 6.99. The van der Waals surface area contributed by atoms with Crippen LogP contribution in [0.2, 0.25) is 0 Å². The molecule has 3 aliphatic rings. The predicted molar refractivity (Wildman–Crippen MR) is 125 cm³/mol. The Hall–Kier alpha value is -1.69. The van der Waals surface area contributed by atoms with E-state index in [4.69, 9.17) is 0 Å². The molecule has 2 saturated carbocycles. The van der Waals surface area contributed by atoms with Crippen LogP contribution in [-0.2, 0) is 20.4 Å². The van der Waals surface area contributed by atoms with Crippen LogP contribution in [0.1, 0.15) is 65.7 Å². The molecule has 0 aromatic heterocycles. The second kappa shape index (κ2) is 9.05. The first-order chi connectivity index (χ1) is 14.5. The SMILES string of the molecule is C=C1CCC[C@H]2[C@](C)(CC3=C(O)C(NCCCS(C)=O)=CC(=O)C3=O)[C@@H](C)CC[C@]12C. The van der Waals surface area contributed by atoms with Crippen LogP contribution < -0.4 is 5.32 Å². The quantitative estimate of drug-likeness (QED) is 0.262. The summed E-state index contributed by atoms with van der Waals surface area (Å²) in [6.45, 7) is 11.7. The molecule has 0 amide bonds. The van der Waals surface area contributed by atoms with Crippen molar-refractivity contribution in [1.29, 1.82) is 0 Å². The normalized spacial score (nSPS) is 35.0. The first-order valence-corrected chi connectivity index (χ1v) is 13.2. The van der Waals surface area contributed by atoms with Crippen molar-refractivity contribution >= 4 is 22.4 Å². The molecule has 31 heavy (non-hydrogen) atoms. The number of hydrogen-bond acceptors (Lipinski definition) is 5. The molecule has 172 valence electrons. The summed E-state index contributed by atoms with van der Waals surface area (Å²) in [5.74, 6) is 0.0176. The van der Waals surface area contributed by atoms with Gasteiger partial charge in [0.25, 0.3) is 0 Å². The summed E-state index contributed by atoms with van der Waals surface area (Å²) in [4.78, 5) is 25.3. The van der Waals surface area contributed by atoms with E-state index in [1.165, 1.54) is 11.6 Å². The van der Waals surface area contributed by atoms with Crippen molar-refractivity contribution in [3.63, 3.8) is 0 Å². The predicted octanol–water partition coefficient (Wildman–Crippen LogP) is 4.38. The zero-order valence-corrected chi connectivity index (χ0v) is 20.2. The van der Waals surface area contributed by atoms with Gasteiger partial charge in [-0.25, -0.2) is 0 Å². The van der Waals surface area contributed by atoms with Crippen molar-refractivity contribution in [2.24, 2.45) is 22.7 Å². The molecule has 0 bridgehead atoms. The van der Waals surface area contributed by atoms with Gasteiger partial charge in [0.1, 0.15) is 5.76 Å². The van der Waals surface area contributed by atoms with E-state index in [9.17, 15) is 18.9 Å². The van der Waals surface area contributed by atoms with E-state index in [2.05, 4.69) is 32.7 Å². The van der Waals surface area contributed by atoms with Crippen LogP contribution in [-0.4, -0.2) is 39.4 Å². The van der Waals surface area contributed by atoms with Crippen molar-refractivity contribution < 1.29 is 18.9 Å². The molecule has 3 rings (SSSR count). The Morgan fingerprint density at radius 1 is 1.29 bits per heavy atom. The average Bonchev–Trinajstić information content (AvgIpc) is 2.71. The summed E-state index contributed by atoms with van der Waals surface area (Å²) < 4.78 is 11.3. The van der Waals surface area contributed by atoms with E-state index in [0.29, 0.717) is 42.7 Å². The molecular weight excluding hydrogens is 410 g/mol. The van der Waals surface area contributed by atoms with Crippen LogP contribution in [0.15, 0.2) is 35.3 Å². The topological polar surface area (TPSA) is 83.5 Å². The lowest BCUT2D eigenvalue weighted by Gasteiger charge is -2.59. The van der Waals surface area contributed by atoms with E-state index >= 15 is 0 Å². The molecule has 1 unspecified atom stereocenters. The molecule has 5 nitrogen and oxygen atoms in total. The number of aliphatic hydroxyl groups is 1. The summed E-state index contributed by atoms with van der Waals surface area (Å²) in [5, 5.41) is 14.0. The average molecular weight is 448 g/mol. The summed E-state index contributed by atoms with van der Waals surface area (Å²) in [5.41, 5.74) is 1.70. The monoisotopic (exact) mass is 447 g/mol. The number of nitrogens with one attached hydrogen (secondary N) is 1. The van der Waals surface area contributed by atoms with Gasteiger partial charge in [-0.3, -0.25) is 13.8 Å². The number of ketones is 2. The van der Waals surface area contributed by atoms with Gasteiger partial charge < -0.3 is 10.4 Å². The van der Waals surface area contributed by atoms with Crippen LogP contribution in [0, 0.1) is 22.7 Å². The Morgan fingerprint density at radius 3 is 2.68 bits per heavy atom. The van der Waals surface area contributed by atoms with E-state index in [1.54, 1.807) is 6.26 Å². The largest absolute Gasteiger partial charge is 0.505 e. The van der Waals surface area contributed by atoms with Crippen molar-refractivity contribution in [2.45, 2.75) is 65.7 Å². The molecule has 0 aliphatic heterocycles. The molecule has 0 heterocycles. The van der Waals surface area contributed by atoms with Crippen LogP contribution in [0.5, 0.6) is 0 Å². The maximum Gasteiger partial charge on any atom is 0.232 e. The maximum atomic E-state index is 12.8. The van der Waals surface area contributed by atoms with Gasteiger partial charge in [0.05, 0.1) is 5.70 Å². The van der Waals surface area contributed by atoms with Gasteiger partial charge in [-0.15, -0.1) is 0 Å². The third-order valence-electron chi connectivity index (χ3n) is 8.36. The highest BCUT2D eigenvalue weighted by molar-refractivity contribution is 7.84. The van der Waals surface area contributed by atoms with Crippen molar-refractivity contribution in [1.82, 2.24) is 5.32 Å². The van der Waals surface area contributed by atoms with Crippen LogP contribution in [0.3, 0.4) is 0 Å². The van der Waals surface area contributed by atoms with Gasteiger partial charge in [0.2, 0.25) is 11.6 Å². The number of allylic oxidation sites excluding steroid dienone is 3.